The maximum atomic E-state index is 5.99. The Kier molecular flexibility index (Phi) is 3.47. The second-order valence-electron chi connectivity index (χ2n) is 5.38. The Morgan fingerprint density at radius 2 is 2.42 bits per heavy atom. The van der Waals surface area contributed by atoms with Gasteiger partial charge in [-0.2, -0.15) is 0 Å². The zero-order valence-electron chi connectivity index (χ0n) is 11.5. The van der Waals surface area contributed by atoms with Gasteiger partial charge >= 0.3 is 0 Å². The number of likely N-dealkylation sites (N-methyl/N-ethyl adjacent to an activating group) is 1. The molecule has 0 aromatic heterocycles. The number of benzene rings is 1. The predicted octanol–water partition coefficient (Wildman–Crippen LogP) is 2.82. The van der Waals surface area contributed by atoms with E-state index in [1.165, 1.54) is 24.9 Å². The van der Waals surface area contributed by atoms with E-state index >= 15 is 0 Å². The number of rotatable bonds is 3. The van der Waals surface area contributed by atoms with Gasteiger partial charge in [0.05, 0.1) is 6.04 Å². The third-order valence-electron chi connectivity index (χ3n) is 4.22. The van der Waals surface area contributed by atoms with Crippen LogP contribution in [0.2, 0.25) is 0 Å². The summed E-state index contributed by atoms with van der Waals surface area (Å²) in [5, 5.41) is 0. The number of fused-ring (bicyclic) bond motifs is 3. The van der Waals surface area contributed by atoms with Crippen LogP contribution in [0.3, 0.4) is 0 Å². The van der Waals surface area contributed by atoms with Crippen molar-refractivity contribution in [3.8, 4) is 11.5 Å². The molecule has 3 rings (SSSR count). The van der Waals surface area contributed by atoms with Crippen molar-refractivity contribution in [3.63, 3.8) is 0 Å². The van der Waals surface area contributed by atoms with E-state index in [1.54, 1.807) is 6.08 Å². The van der Waals surface area contributed by atoms with Gasteiger partial charge in [-0.05, 0) is 32.5 Å². The first-order valence-electron chi connectivity index (χ1n) is 7.01. The number of likely N-dealkylation sites (tertiary alicyclic amines) is 1. The van der Waals surface area contributed by atoms with Crippen LogP contribution in [0.25, 0.3) is 0 Å². The van der Waals surface area contributed by atoms with E-state index in [0.29, 0.717) is 18.6 Å². The van der Waals surface area contributed by atoms with Gasteiger partial charge in [0.2, 0.25) is 0 Å². The van der Waals surface area contributed by atoms with Crippen molar-refractivity contribution in [2.24, 2.45) is 0 Å². The van der Waals surface area contributed by atoms with Gasteiger partial charge in [0.15, 0.2) is 11.5 Å². The lowest BCUT2D eigenvalue weighted by atomic mass is 9.82. The molecule has 3 heteroatoms. The van der Waals surface area contributed by atoms with Gasteiger partial charge in [0.25, 0.3) is 0 Å². The minimum atomic E-state index is 0.510. The van der Waals surface area contributed by atoms with E-state index in [-0.39, 0.29) is 0 Å². The van der Waals surface area contributed by atoms with Crippen LogP contribution in [0.1, 0.15) is 24.3 Å². The highest BCUT2D eigenvalue weighted by molar-refractivity contribution is 5.50. The molecule has 1 aromatic carbocycles. The molecule has 19 heavy (non-hydrogen) atoms. The Bertz CT molecular complexity index is 472. The van der Waals surface area contributed by atoms with E-state index in [0.717, 1.165) is 18.1 Å². The zero-order valence-corrected chi connectivity index (χ0v) is 11.5. The number of hydrogen-bond donors (Lipinski definition) is 0. The van der Waals surface area contributed by atoms with E-state index in [2.05, 4.69) is 30.7 Å². The molecule has 1 aromatic rings. The Hall–Kier alpha value is -1.48. The van der Waals surface area contributed by atoms with Crippen molar-refractivity contribution in [2.45, 2.75) is 24.8 Å². The molecule has 0 bridgehead atoms. The molecule has 0 saturated carbocycles. The molecular weight excluding hydrogens is 238 g/mol. The van der Waals surface area contributed by atoms with Crippen LogP contribution in [0.5, 0.6) is 11.5 Å². The summed E-state index contributed by atoms with van der Waals surface area (Å²) < 4.78 is 11.7. The summed E-state index contributed by atoms with van der Waals surface area (Å²) in [7, 11) is 2.20. The third-order valence-corrected chi connectivity index (χ3v) is 4.22. The topological polar surface area (TPSA) is 21.7 Å². The fraction of sp³-hybridized carbons (Fsp3) is 0.500. The lowest BCUT2D eigenvalue weighted by Gasteiger charge is -2.43. The molecule has 0 N–H and O–H groups in total. The second-order valence-corrected chi connectivity index (χ2v) is 5.38. The Balaban J connectivity index is 1.92. The largest absolute Gasteiger partial charge is 0.488 e. The van der Waals surface area contributed by atoms with E-state index in [9.17, 15) is 0 Å². The summed E-state index contributed by atoms with van der Waals surface area (Å²) in [6.07, 6.45) is 4.27. The van der Waals surface area contributed by atoms with Crippen molar-refractivity contribution < 1.29 is 9.47 Å². The Morgan fingerprint density at radius 1 is 1.53 bits per heavy atom. The molecule has 2 atom stereocenters. The third kappa shape index (κ3) is 2.23. The van der Waals surface area contributed by atoms with E-state index in [4.69, 9.17) is 9.47 Å². The van der Waals surface area contributed by atoms with E-state index < -0.39 is 0 Å². The maximum absolute atomic E-state index is 5.99. The van der Waals surface area contributed by atoms with Gasteiger partial charge in [0.1, 0.15) is 13.2 Å². The van der Waals surface area contributed by atoms with Crippen LogP contribution in [0.4, 0.5) is 0 Å². The van der Waals surface area contributed by atoms with Gasteiger partial charge < -0.3 is 9.47 Å². The average molecular weight is 259 g/mol. The molecular formula is C16H21NO2. The van der Waals surface area contributed by atoms with Crippen molar-refractivity contribution in [2.75, 3.05) is 26.8 Å². The van der Waals surface area contributed by atoms with Crippen molar-refractivity contribution >= 4 is 0 Å². The first-order valence-corrected chi connectivity index (χ1v) is 7.01. The minimum absolute atomic E-state index is 0.510. The molecule has 0 amide bonds. The molecule has 0 unspecified atom stereocenters. The van der Waals surface area contributed by atoms with Crippen LogP contribution in [-0.4, -0.2) is 37.7 Å². The standard InChI is InChI=1S/C16H21NO2/c1-3-10-18-15-8-4-6-13-12-7-5-9-17(2)14(12)11-19-16(13)15/h3-4,6,8,12,14H,1,5,7,9-11H2,2H3/t12-,14-/m0/s1. The van der Waals surface area contributed by atoms with Gasteiger partial charge in [-0.15, -0.1) is 0 Å². The van der Waals surface area contributed by atoms with Crippen LogP contribution in [0.15, 0.2) is 30.9 Å². The zero-order chi connectivity index (χ0) is 13.2. The first kappa shape index (κ1) is 12.5. The summed E-state index contributed by atoms with van der Waals surface area (Å²) >= 11 is 0. The van der Waals surface area contributed by atoms with Crippen molar-refractivity contribution in [1.29, 1.82) is 0 Å². The van der Waals surface area contributed by atoms with Gasteiger partial charge in [0, 0.05) is 11.5 Å². The SMILES string of the molecule is C=CCOc1cccc2c1OC[C@H]1[C@H]2CCCN1C. The summed E-state index contributed by atoms with van der Waals surface area (Å²) in [4.78, 5) is 2.42. The second kappa shape index (κ2) is 5.25. The van der Waals surface area contributed by atoms with Crippen LogP contribution >= 0.6 is 0 Å². The highest BCUT2D eigenvalue weighted by Gasteiger charge is 2.36. The van der Waals surface area contributed by atoms with Crippen molar-refractivity contribution in [3.05, 3.63) is 36.4 Å². The monoisotopic (exact) mass is 259 g/mol. The predicted molar refractivity (Wildman–Crippen MR) is 76.0 cm³/mol. The quantitative estimate of drug-likeness (QED) is 0.779. The number of piperidine rings is 1. The highest BCUT2D eigenvalue weighted by atomic mass is 16.5. The Morgan fingerprint density at radius 3 is 3.26 bits per heavy atom. The number of ether oxygens (including phenoxy) is 2. The van der Waals surface area contributed by atoms with Gasteiger partial charge in [-0.25, -0.2) is 0 Å². The minimum Gasteiger partial charge on any atom is -0.488 e. The van der Waals surface area contributed by atoms with Gasteiger partial charge in [-0.1, -0.05) is 24.8 Å². The van der Waals surface area contributed by atoms with E-state index in [1.807, 2.05) is 6.07 Å². The van der Waals surface area contributed by atoms with Crippen molar-refractivity contribution in [1.82, 2.24) is 4.90 Å². The molecule has 2 aliphatic heterocycles. The summed E-state index contributed by atoms with van der Waals surface area (Å²) in [5.41, 5.74) is 1.31. The number of nitrogens with zero attached hydrogens (tertiary/aromatic N) is 1. The maximum Gasteiger partial charge on any atom is 0.164 e. The van der Waals surface area contributed by atoms with Crippen LogP contribution in [-0.2, 0) is 0 Å². The van der Waals surface area contributed by atoms with Gasteiger partial charge in [-0.3, -0.25) is 4.90 Å². The summed E-state index contributed by atoms with van der Waals surface area (Å²) in [6, 6.07) is 6.75. The molecule has 2 heterocycles. The first-order chi connectivity index (χ1) is 9.31. The fourth-order valence-corrected chi connectivity index (χ4v) is 3.24. The molecule has 1 fully saturated rings. The Labute approximate surface area is 114 Å². The molecule has 2 aliphatic rings. The molecule has 0 radical (unpaired) electrons. The van der Waals surface area contributed by atoms with Crippen LogP contribution < -0.4 is 9.47 Å². The number of para-hydroxylation sites is 1. The normalized spacial score (nSPS) is 25.9. The molecule has 102 valence electrons. The molecule has 1 saturated heterocycles. The lowest BCUT2D eigenvalue weighted by molar-refractivity contribution is 0.0844. The summed E-state index contributed by atoms with van der Waals surface area (Å²) in [6.45, 7) is 6.15. The number of hydrogen-bond acceptors (Lipinski definition) is 3. The summed E-state index contributed by atoms with van der Waals surface area (Å²) in [5.74, 6) is 2.37. The molecule has 3 nitrogen and oxygen atoms in total. The average Bonchev–Trinajstić information content (AvgIpc) is 2.45. The van der Waals surface area contributed by atoms with Crippen LogP contribution in [0, 0.1) is 0 Å². The molecule has 0 aliphatic carbocycles. The highest BCUT2D eigenvalue weighted by Crippen LogP contribution is 2.44. The lowest BCUT2D eigenvalue weighted by Crippen LogP contribution is -2.47. The smallest absolute Gasteiger partial charge is 0.164 e. The fourth-order valence-electron chi connectivity index (χ4n) is 3.24. The molecule has 0 spiro atoms.